The standard InChI is InChI=1S/C21H17FN8O/c1-10-26-8-12(9-27-10)31-21-29-18(13-4-3-5-25-19(13)23)16-14-6-11(22)7-15(24-2)17(14)28-20(16)30-21/h3-9,24H,1-2H3,(H2,23,25)(H,28,29,30). The normalized spacial score (nSPS) is 11.2. The fourth-order valence-corrected chi connectivity index (χ4v) is 3.44. The van der Waals surface area contributed by atoms with Crippen LogP contribution in [0, 0.1) is 12.7 Å². The van der Waals surface area contributed by atoms with E-state index in [-0.39, 0.29) is 17.6 Å². The largest absolute Gasteiger partial charge is 0.421 e. The Bertz CT molecular complexity index is 1430. The second-order valence-electron chi connectivity index (χ2n) is 6.83. The van der Waals surface area contributed by atoms with Crippen LogP contribution in [-0.4, -0.2) is 37.0 Å². The molecule has 0 amide bonds. The van der Waals surface area contributed by atoms with E-state index in [4.69, 9.17) is 10.5 Å². The molecular formula is C21H17FN8O. The van der Waals surface area contributed by atoms with Crippen LogP contribution in [0.15, 0.2) is 42.9 Å². The van der Waals surface area contributed by atoms with Gasteiger partial charge in [-0.2, -0.15) is 9.97 Å². The number of benzene rings is 1. The summed E-state index contributed by atoms with van der Waals surface area (Å²) < 4.78 is 20.1. The van der Waals surface area contributed by atoms with Gasteiger partial charge in [0.05, 0.1) is 34.7 Å². The zero-order chi connectivity index (χ0) is 21.5. The number of aromatic amines is 1. The molecule has 0 unspecified atom stereocenters. The lowest BCUT2D eigenvalue weighted by atomic mass is 10.1. The Morgan fingerprint density at radius 3 is 2.68 bits per heavy atom. The van der Waals surface area contributed by atoms with Crippen LogP contribution < -0.4 is 15.8 Å². The number of aromatic nitrogens is 6. The molecule has 5 rings (SSSR count). The highest BCUT2D eigenvalue weighted by Crippen LogP contribution is 2.38. The molecule has 4 N–H and O–H groups in total. The number of rotatable bonds is 4. The summed E-state index contributed by atoms with van der Waals surface area (Å²) in [5.41, 5.74) is 8.93. The van der Waals surface area contributed by atoms with Gasteiger partial charge in [0.1, 0.15) is 23.1 Å². The summed E-state index contributed by atoms with van der Waals surface area (Å²) in [5, 5.41) is 4.22. The number of halogens is 1. The number of nitrogens with two attached hydrogens (primary N) is 1. The number of ether oxygens (including phenoxy) is 1. The average molecular weight is 416 g/mol. The van der Waals surface area contributed by atoms with Gasteiger partial charge in [-0.1, -0.05) is 0 Å². The van der Waals surface area contributed by atoms with Crippen molar-refractivity contribution in [2.24, 2.45) is 0 Å². The van der Waals surface area contributed by atoms with Crippen molar-refractivity contribution in [3.63, 3.8) is 0 Å². The van der Waals surface area contributed by atoms with Crippen molar-refractivity contribution in [3.8, 4) is 23.0 Å². The number of nitrogen functional groups attached to an aromatic ring is 1. The maximum Gasteiger partial charge on any atom is 0.324 e. The summed E-state index contributed by atoms with van der Waals surface area (Å²) in [6.45, 7) is 1.78. The summed E-state index contributed by atoms with van der Waals surface area (Å²) in [6, 6.07) is 6.45. The highest BCUT2D eigenvalue weighted by atomic mass is 19.1. The maximum absolute atomic E-state index is 14.3. The van der Waals surface area contributed by atoms with Crippen molar-refractivity contribution in [2.45, 2.75) is 6.92 Å². The Kier molecular flexibility index (Phi) is 4.32. The minimum Gasteiger partial charge on any atom is -0.421 e. The summed E-state index contributed by atoms with van der Waals surface area (Å²) in [6.07, 6.45) is 4.66. The summed E-state index contributed by atoms with van der Waals surface area (Å²) in [4.78, 5) is 24.7. The quantitative estimate of drug-likeness (QED) is 0.403. The predicted molar refractivity (Wildman–Crippen MR) is 115 cm³/mol. The van der Waals surface area contributed by atoms with E-state index in [1.165, 1.54) is 24.5 Å². The summed E-state index contributed by atoms with van der Waals surface area (Å²) >= 11 is 0. The third kappa shape index (κ3) is 3.23. The van der Waals surface area contributed by atoms with Gasteiger partial charge < -0.3 is 20.8 Å². The molecule has 0 bridgehead atoms. The van der Waals surface area contributed by atoms with Gasteiger partial charge in [-0.15, -0.1) is 0 Å². The van der Waals surface area contributed by atoms with Gasteiger partial charge in [0, 0.05) is 24.2 Å². The summed E-state index contributed by atoms with van der Waals surface area (Å²) in [5.74, 6) is 0.893. The lowest BCUT2D eigenvalue weighted by Crippen LogP contribution is -1.99. The van der Waals surface area contributed by atoms with Gasteiger partial charge in [-0.3, -0.25) is 0 Å². The molecule has 154 valence electrons. The van der Waals surface area contributed by atoms with E-state index in [1.54, 1.807) is 32.3 Å². The van der Waals surface area contributed by atoms with Crippen LogP contribution in [-0.2, 0) is 0 Å². The first kappa shape index (κ1) is 18.7. The number of pyridine rings is 1. The van der Waals surface area contributed by atoms with Gasteiger partial charge in [0.25, 0.3) is 0 Å². The van der Waals surface area contributed by atoms with Crippen LogP contribution >= 0.6 is 0 Å². The Balaban J connectivity index is 1.80. The fourth-order valence-electron chi connectivity index (χ4n) is 3.44. The summed E-state index contributed by atoms with van der Waals surface area (Å²) in [7, 11) is 1.72. The first-order valence-corrected chi connectivity index (χ1v) is 9.41. The lowest BCUT2D eigenvalue weighted by Gasteiger charge is -2.09. The molecule has 0 spiro atoms. The number of nitrogens with zero attached hydrogens (tertiary/aromatic N) is 5. The first-order chi connectivity index (χ1) is 15.0. The molecule has 0 aliphatic rings. The van der Waals surface area contributed by atoms with E-state index in [1.807, 2.05) is 0 Å². The van der Waals surface area contributed by atoms with Gasteiger partial charge in [-0.05, 0) is 31.2 Å². The Labute approximate surface area is 175 Å². The van der Waals surface area contributed by atoms with Crippen LogP contribution in [0.2, 0.25) is 0 Å². The molecule has 1 aromatic carbocycles. The average Bonchev–Trinajstić information content (AvgIpc) is 3.13. The maximum atomic E-state index is 14.3. The van der Waals surface area contributed by atoms with Crippen molar-refractivity contribution < 1.29 is 9.13 Å². The van der Waals surface area contributed by atoms with E-state index in [0.717, 1.165) is 0 Å². The number of aryl methyl sites for hydroxylation is 1. The molecule has 9 nitrogen and oxygen atoms in total. The number of H-pyrrole nitrogens is 1. The van der Waals surface area contributed by atoms with Gasteiger partial charge in [0.2, 0.25) is 0 Å². The Hall–Kier alpha value is -4.34. The number of anilines is 2. The van der Waals surface area contributed by atoms with Crippen LogP contribution in [0.3, 0.4) is 0 Å². The van der Waals surface area contributed by atoms with Gasteiger partial charge in [0.15, 0.2) is 5.75 Å². The van der Waals surface area contributed by atoms with E-state index >= 15 is 0 Å². The number of nitrogens with one attached hydrogen (secondary N) is 2. The molecule has 0 saturated heterocycles. The van der Waals surface area contributed by atoms with Gasteiger partial charge >= 0.3 is 6.01 Å². The highest BCUT2D eigenvalue weighted by Gasteiger charge is 2.20. The van der Waals surface area contributed by atoms with E-state index in [2.05, 4.69) is 35.2 Å². The van der Waals surface area contributed by atoms with Crippen molar-refractivity contribution >= 4 is 33.4 Å². The van der Waals surface area contributed by atoms with E-state index in [9.17, 15) is 4.39 Å². The second-order valence-corrected chi connectivity index (χ2v) is 6.83. The van der Waals surface area contributed by atoms with Crippen LogP contribution in [0.5, 0.6) is 11.8 Å². The number of fused-ring (bicyclic) bond motifs is 3. The number of hydrogen-bond donors (Lipinski definition) is 3. The molecular weight excluding hydrogens is 399 g/mol. The molecule has 0 fully saturated rings. The minimum absolute atomic E-state index is 0.0660. The topological polar surface area (TPSA) is 128 Å². The Morgan fingerprint density at radius 2 is 1.94 bits per heavy atom. The highest BCUT2D eigenvalue weighted by molar-refractivity contribution is 6.15. The monoisotopic (exact) mass is 416 g/mol. The van der Waals surface area contributed by atoms with Crippen molar-refractivity contribution in [2.75, 3.05) is 18.1 Å². The number of hydrogen-bond acceptors (Lipinski definition) is 8. The second kappa shape index (κ2) is 7.17. The van der Waals surface area contributed by atoms with Crippen molar-refractivity contribution in [3.05, 3.63) is 54.5 Å². The molecule has 0 saturated carbocycles. The predicted octanol–water partition coefficient (Wildman–Crippen LogP) is 3.83. The van der Waals surface area contributed by atoms with Crippen LogP contribution in [0.25, 0.3) is 33.2 Å². The molecule has 5 aromatic rings. The molecule has 0 radical (unpaired) electrons. The van der Waals surface area contributed by atoms with Crippen LogP contribution in [0.4, 0.5) is 15.9 Å². The SMILES string of the molecule is CNc1cc(F)cc2c1[nH]c1nc(Oc3cnc(C)nc3)nc(-c3cccnc3N)c12. The third-order valence-corrected chi connectivity index (χ3v) is 4.83. The molecule has 0 aliphatic heterocycles. The van der Waals surface area contributed by atoms with E-state index in [0.29, 0.717) is 50.5 Å². The fraction of sp³-hybridized carbons (Fsp3) is 0.0952. The zero-order valence-electron chi connectivity index (χ0n) is 16.6. The lowest BCUT2D eigenvalue weighted by molar-refractivity contribution is 0.440. The minimum atomic E-state index is -0.389. The molecule has 31 heavy (non-hydrogen) atoms. The zero-order valence-corrected chi connectivity index (χ0v) is 16.6. The molecule has 4 heterocycles. The van der Waals surface area contributed by atoms with Crippen molar-refractivity contribution in [1.29, 1.82) is 0 Å². The van der Waals surface area contributed by atoms with Crippen molar-refractivity contribution in [1.82, 2.24) is 29.9 Å². The molecule has 10 heteroatoms. The smallest absolute Gasteiger partial charge is 0.324 e. The molecule has 0 aliphatic carbocycles. The van der Waals surface area contributed by atoms with E-state index < -0.39 is 0 Å². The molecule has 0 atom stereocenters. The Morgan fingerprint density at radius 1 is 1.13 bits per heavy atom. The van der Waals surface area contributed by atoms with Gasteiger partial charge in [-0.25, -0.2) is 19.3 Å². The van der Waals surface area contributed by atoms with Crippen LogP contribution in [0.1, 0.15) is 5.82 Å². The molecule has 4 aromatic heterocycles. The third-order valence-electron chi connectivity index (χ3n) is 4.83. The first-order valence-electron chi connectivity index (χ1n) is 9.41.